The molecule has 12 heavy (non-hydrogen) atoms. The third-order valence-corrected chi connectivity index (χ3v) is 2.03. The van der Waals surface area contributed by atoms with E-state index < -0.39 is 0 Å². The Balaban J connectivity index is 3.00. The second kappa shape index (κ2) is 3.71. The standard InChI is InChI=1S/C7H10BrN3O/c1-4(2)10-5-3-9-11-7(12)6(5)8/h3-4H,1-2H3,(H2,10,11,12). The third-order valence-electron chi connectivity index (χ3n) is 1.24. The lowest BCUT2D eigenvalue weighted by Crippen LogP contribution is -2.16. The van der Waals surface area contributed by atoms with Gasteiger partial charge in [0.1, 0.15) is 4.47 Å². The van der Waals surface area contributed by atoms with Gasteiger partial charge in [0.15, 0.2) is 0 Å². The quantitative estimate of drug-likeness (QED) is 0.809. The number of anilines is 1. The molecule has 5 heteroatoms. The lowest BCUT2D eigenvalue weighted by atomic mass is 10.3. The Morgan fingerprint density at radius 1 is 1.67 bits per heavy atom. The molecule has 2 N–H and O–H groups in total. The molecular formula is C7H10BrN3O. The van der Waals surface area contributed by atoms with Crippen molar-refractivity contribution in [1.82, 2.24) is 10.2 Å². The smallest absolute Gasteiger partial charge is 0.280 e. The summed E-state index contributed by atoms with van der Waals surface area (Å²) in [5.74, 6) is 0. The maximum Gasteiger partial charge on any atom is 0.280 e. The predicted molar refractivity (Wildman–Crippen MR) is 51.3 cm³/mol. The zero-order valence-electron chi connectivity index (χ0n) is 6.89. The summed E-state index contributed by atoms with van der Waals surface area (Å²) in [5.41, 5.74) is 0.495. The monoisotopic (exact) mass is 231 g/mol. The molecule has 1 aromatic heterocycles. The SMILES string of the molecule is CC(C)Nc1cn[nH]c(=O)c1Br. The third kappa shape index (κ3) is 2.07. The number of nitrogens with one attached hydrogen (secondary N) is 2. The minimum Gasteiger partial charge on any atom is -0.380 e. The molecule has 0 bridgehead atoms. The van der Waals surface area contributed by atoms with Crippen molar-refractivity contribution >= 4 is 21.6 Å². The molecule has 66 valence electrons. The fraction of sp³-hybridized carbons (Fsp3) is 0.429. The van der Waals surface area contributed by atoms with E-state index in [1.165, 1.54) is 0 Å². The minimum atomic E-state index is -0.222. The van der Waals surface area contributed by atoms with Crippen LogP contribution < -0.4 is 10.9 Å². The number of rotatable bonds is 2. The summed E-state index contributed by atoms with van der Waals surface area (Å²) in [6.45, 7) is 3.99. The van der Waals surface area contributed by atoms with Gasteiger partial charge in [-0.1, -0.05) is 0 Å². The molecule has 0 amide bonds. The number of H-pyrrole nitrogens is 1. The Morgan fingerprint density at radius 3 is 2.92 bits per heavy atom. The largest absolute Gasteiger partial charge is 0.380 e. The van der Waals surface area contributed by atoms with Crippen LogP contribution in [0.5, 0.6) is 0 Å². The van der Waals surface area contributed by atoms with Gasteiger partial charge < -0.3 is 5.32 Å². The maximum absolute atomic E-state index is 11.0. The second-order valence-electron chi connectivity index (χ2n) is 2.73. The Morgan fingerprint density at radius 2 is 2.33 bits per heavy atom. The van der Waals surface area contributed by atoms with E-state index in [1.54, 1.807) is 6.20 Å². The van der Waals surface area contributed by atoms with Crippen LogP contribution in [0.2, 0.25) is 0 Å². The van der Waals surface area contributed by atoms with Gasteiger partial charge in [0.25, 0.3) is 5.56 Å². The fourth-order valence-electron chi connectivity index (χ4n) is 0.795. The van der Waals surface area contributed by atoms with Crippen molar-refractivity contribution in [3.05, 3.63) is 21.0 Å². The van der Waals surface area contributed by atoms with Gasteiger partial charge in [-0.25, -0.2) is 5.10 Å². The summed E-state index contributed by atoms with van der Waals surface area (Å²) < 4.78 is 0.492. The highest BCUT2D eigenvalue weighted by molar-refractivity contribution is 9.10. The summed E-state index contributed by atoms with van der Waals surface area (Å²) >= 11 is 3.16. The molecule has 0 atom stereocenters. The van der Waals surface area contributed by atoms with Gasteiger partial charge in [0.05, 0.1) is 11.9 Å². The average molecular weight is 232 g/mol. The fourth-order valence-corrected chi connectivity index (χ4v) is 1.10. The molecule has 0 fully saturated rings. The van der Waals surface area contributed by atoms with Crippen LogP contribution in [0.25, 0.3) is 0 Å². The Hall–Kier alpha value is -0.840. The molecule has 0 saturated heterocycles. The molecule has 0 aliphatic rings. The molecule has 0 aliphatic carbocycles. The van der Waals surface area contributed by atoms with Crippen LogP contribution in [0.1, 0.15) is 13.8 Å². The van der Waals surface area contributed by atoms with Gasteiger partial charge in [0.2, 0.25) is 0 Å². The van der Waals surface area contributed by atoms with Crippen molar-refractivity contribution in [2.24, 2.45) is 0 Å². The number of hydrogen-bond acceptors (Lipinski definition) is 3. The van der Waals surface area contributed by atoms with E-state index in [0.717, 1.165) is 0 Å². The number of nitrogens with zero attached hydrogens (tertiary/aromatic N) is 1. The first kappa shape index (κ1) is 9.25. The van der Waals surface area contributed by atoms with Crippen molar-refractivity contribution in [2.45, 2.75) is 19.9 Å². The van der Waals surface area contributed by atoms with Crippen LogP contribution in [-0.4, -0.2) is 16.2 Å². The number of aromatic nitrogens is 2. The van der Waals surface area contributed by atoms with Crippen LogP contribution in [0.4, 0.5) is 5.69 Å². The summed E-state index contributed by atoms with van der Waals surface area (Å²) in [4.78, 5) is 11.0. The van der Waals surface area contributed by atoms with Crippen LogP contribution in [0, 0.1) is 0 Å². The van der Waals surface area contributed by atoms with Gasteiger partial charge in [-0.3, -0.25) is 4.79 Å². The van der Waals surface area contributed by atoms with Gasteiger partial charge in [-0.15, -0.1) is 0 Å². The van der Waals surface area contributed by atoms with E-state index in [4.69, 9.17) is 0 Å². The van der Waals surface area contributed by atoms with E-state index in [0.29, 0.717) is 10.2 Å². The van der Waals surface area contributed by atoms with Gasteiger partial charge in [0, 0.05) is 6.04 Å². The van der Waals surface area contributed by atoms with Gasteiger partial charge >= 0.3 is 0 Å². The van der Waals surface area contributed by atoms with E-state index in [-0.39, 0.29) is 11.6 Å². The number of aromatic amines is 1. The highest BCUT2D eigenvalue weighted by Gasteiger charge is 2.04. The first-order valence-electron chi connectivity index (χ1n) is 3.61. The normalized spacial score (nSPS) is 10.3. The molecule has 1 heterocycles. The molecule has 1 aromatic rings. The molecule has 4 nitrogen and oxygen atoms in total. The minimum absolute atomic E-state index is 0.222. The Labute approximate surface area is 78.5 Å². The molecule has 1 rings (SSSR count). The van der Waals surface area contributed by atoms with E-state index in [9.17, 15) is 4.79 Å². The van der Waals surface area contributed by atoms with Crippen molar-refractivity contribution < 1.29 is 0 Å². The van der Waals surface area contributed by atoms with Crippen LogP contribution in [0.3, 0.4) is 0 Å². The van der Waals surface area contributed by atoms with E-state index in [2.05, 4.69) is 31.4 Å². The first-order chi connectivity index (χ1) is 5.61. The molecule has 0 aliphatic heterocycles. The van der Waals surface area contributed by atoms with Gasteiger partial charge in [-0.2, -0.15) is 5.10 Å². The van der Waals surface area contributed by atoms with E-state index in [1.807, 2.05) is 13.8 Å². The highest BCUT2D eigenvalue weighted by Crippen LogP contribution is 2.15. The molecule has 0 spiro atoms. The highest BCUT2D eigenvalue weighted by atomic mass is 79.9. The molecule has 0 aromatic carbocycles. The number of halogens is 1. The first-order valence-corrected chi connectivity index (χ1v) is 4.40. The predicted octanol–water partition coefficient (Wildman–Crippen LogP) is 1.35. The van der Waals surface area contributed by atoms with E-state index >= 15 is 0 Å². The average Bonchev–Trinajstić information content (AvgIpc) is 1.98. The van der Waals surface area contributed by atoms with Gasteiger partial charge in [-0.05, 0) is 29.8 Å². The second-order valence-corrected chi connectivity index (χ2v) is 3.52. The molecule has 0 radical (unpaired) electrons. The summed E-state index contributed by atoms with van der Waals surface area (Å²) in [6, 6.07) is 0.282. The van der Waals surface area contributed by atoms with Crippen molar-refractivity contribution in [1.29, 1.82) is 0 Å². The van der Waals surface area contributed by atoms with Crippen LogP contribution >= 0.6 is 15.9 Å². The number of hydrogen-bond donors (Lipinski definition) is 2. The Bertz CT molecular complexity index is 321. The molecular weight excluding hydrogens is 222 g/mol. The van der Waals surface area contributed by atoms with Crippen LogP contribution in [0.15, 0.2) is 15.5 Å². The summed E-state index contributed by atoms with van der Waals surface area (Å²) in [7, 11) is 0. The molecule has 0 saturated carbocycles. The summed E-state index contributed by atoms with van der Waals surface area (Å²) in [5, 5.41) is 9.07. The zero-order valence-corrected chi connectivity index (χ0v) is 8.47. The lowest BCUT2D eigenvalue weighted by Gasteiger charge is -2.09. The van der Waals surface area contributed by atoms with Crippen molar-refractivity contribution in [3.63, 3.8) is 0 Å². The topological polar surface area (TPSA) is 57.8 Å². The Kier molecular flexibility index (Phi) is 2.86. The zero-order chi connectivity index (χ0) is 9.14. The van der Waals surface area contributed by atoms with Crippen molar-refractivity contribution in [2.75, 3.05) is 5.32 Å². The van der Waals surface area contributed by atoms with Crippen molar-refractivity contribution in [3.8, 4) is 0 Å². The maximum atomic E-state index is 11.0. The molecule has 0 unspecified atom stereocenters. The summed E-state index contributed by atoms with van der Waals surface area (Å²) in [6.07, 6.45) is 1.57. The lowest BCUT2D eigenvalue weighted by molar-refractivity contribution is 0.884. The van der Waals surface area contributed by atoms with Crippen LogP contribution in [-0.2, 0) is 0 Å².